The van der Waals surface area contributed by atoms with Crippen molar-refractivity contribution in [3.63, 3.8) is 0 Å². The van der Waals surface area contributed by atoms with Crippen LogP contribution in [0.2, 0.25) is 0 Å². The number of hydrogen-bond donors (Lipinski definition) is 0. The minimum Gasteiger partial charge on any atom is -0.372 e. The summed E-state index contributed by atoms with van der Waals surface area (Å²) in [7, 11) is 0. The molecular weight excluding hydrogens is 140 g/mol. The van der Waals surface area contributed by atoms with Gasteiger partial charge in [0, 0.05) is 12.3 Å². The first-order valence-electron chi connectivity index (χ1n) is 4.36. The Hall–Kier alpha value is -0.0800. The van der Waals surface area contributed by atoms with Crippen LogP contribution in [0.4, 0.5) is 0 Å². The van der Waals surface area contributed by atoms with Gasteiger partial charge in [0.05, 0.1) is 24.4 Å². The summed E-state index contributed by atoms with van der Waals surface area (Å²) in [5.74, 6) is 0.537. The Balaban J connectivity index is 2.33. The second-order valence-electron chi connectivity index (χ2n) is 4.15. The van der Waals surface area contributed by atoms with Gasteiger partial charge in [-0.3, -0.25) is 0 Å². The predicted molar refractivity (Wildman–Crippen MR) is 42.5 cm³/mol. The molecule has 0 aromatic carbocycles. The van der Waals surface area contributed by atoms with Crippen LogP contribution in [-0.4, -0.2) is 24.4 Å². The van der Waals surface area contributed by atoms with Crippen LogP contribution in [0.5, 0.6) is 0 Å². The van der Waals surface area contributed by atoms with Gasteiger partial charge < -0.3 is 9.47 Å². The quantitative estimate of drug-likeness (QED) is 0.530. The van der Waals surface area contributed by atoms with E-state index in [2.05, 4.69) is 20.8 Å². The smallest absolute Gasteiger partial charge is 0.0988 e. The molecule has 0 spiro atoms. The summed E-state index contributed by atoms with van der Waals surface area (Å²) in [6, 6.07) is 0. The van der Waals surface area contributed by atoms with Crippen LogP contribution in [-0.2, 0) is 9.47 Å². The summed E-state index contributed by atoms with van der Waals surface area (Å²) in [6.45, 7) is 8.27. The van der Waals surface area contributed by atoms with Crippen LogP contribution in [0.1, 0.15) is 27.2 Å². The zero-order valence-corrected chi connectivity index (χ0v) is 7.52. The Morgan fingerprint density at radius 3 is 2.64 bits per heavy atom. The molecule has 2 fully saturated rings. The van der Waals surface area contributed by atoms with Crippen LogP contribution < -0.4 is 0 Å². The normalized spacial score (nSPS) is 56.5. The number of rotatable bonds is 0. The van der Waals surface area contributed by atoms with Gasteiger partial charge in [-0.1, -0.05) is 6.92 Å². The van der Waals surface area contributed by atoms with Crippen molar-refractivity contribution < 1.29 is 9.47 Å². The van der Waals surface area contributed by atoms with Gasteiger partial charge in [-0.15, -0.1) is 0 Å². The molecule has 2 nitrogen and oxygen atoms in total. The van der Waals surface area contributed by atoms with Crippen molar-refractivity contribution in [2.45, 2.75) is 38.4 Å². The monoisotopic (exact) mass is 156 g/mol. The maximum absolute atomic E-state index is 5.75. The molecule has 2 aliphatic rings. The van der Waals surface area contributed by atoms with Crippen molar-refractivity contribution in [1.82, 2.24) is 0 Å². The van der Waals surface area contributed by atoms with Gasteiger partial charge in [-0.2, -0.15) is 0 Å². The third kappa shape index (κ3) is 0.744. The van der Waals surface area contributed by atoms with Crippen molar-refractivity contribution in [3.05, 3.63) is 0 Å². The van der Waals surface area contributed by atoms with E-state index in [1.165, 1.54) is 0 Å². The Morgan fingerprint density at radius 2 is 2.00 bits per heavy atom. The second-order valence-corrected chi connectivity index (χ2v) is 4.15. The number of hydrogen-bond acceptors (Lipinski definition) is 2. The van der Waals surface area contributed by atoms with Gasteiger partial charge >= 0.3 is 0 Å². The van der Waals surface area contributed by atoms with E-state index in [-0.39, 0.29) is 11.2 Å². The summed E-state index contributed by atoms with van der Waals surface area (Å²) in [4.78, 5) is 0. The third-order valence-corrected chi connectivity index (χ3v) is 3.62. The molecule has 0 aromatic rings. The number of ether oxygens (including phenoxy) is 2. The molecule has 3 atom stereocenters. The van der Waals surface area contributed by atoms with E-state index < -0.39 is 0 Å². The molecule has 0 N–H and O–H groups in total. The van der Waals surface area contributed by atoms with Crippen LogP contribution in [0.15, 0.2) is 0 Å². The summed E-state index contributed by atoms with van der Waals surface area (Å²) in [5.41, 5.74) is -0.0284. The van der Waals surface area contributed by atoms with E-state index in [0.29, 0.717) is 5.92 Å². The molecular formula is C9H16O2. The van der Waals surface area contributed by atoms with E-state index in [1.54, 1.807) is 0 Å². The number of fused-ring (bicyclic) bond motifs is 1. The fourth-order valence-corrected chi connectivity index (χ4v) is 2.21. The highest BCUT2D eigenvalue weighted by Gasteiger charge is 2.58. The zero-order chi connectivity index (χ0) is 8.11. The van der Waals surface area contributed by atoms with Crippen LogP contribution in [0.25, 0.3) is 0 Å². The largest absolute Gasteiger partial charge is 0.372 e. The Kier molecular flexibility index (Phi) is 1.37. The third-order valence-electron chi connectivity index (χ3n) is 3.62. The standard InChI is InChI=1S/C9H16O2/c1-7-6-11-8(2)4-5-10-9(7,8)3/h7H,4-6H2,1-3H3/t7?,8-,9-/m1/s1. The van der Waals surface area contributed by atoms with Crippen LogP contribution >= 0.6 is 0 Å². The van der Waals surface area contributed by atoms with E-state index in [9.17, 15) is 0 Å². The summed E-state index contributed by atoms with van der Waals surface area (Å²) >= 11 is 0. The highest BCUT2D eigenvalue weighted by Crippen LogP contribution is 2.48. The first kappa shape index (κ1) is 7.56. The fraction of sp³-hybridized carbons (Fsp3) is 1.00. The SMILES string of the molecule is CC1CO[C@]2(C)CCO[C@]12C. The molecule has 64 valence electrons. The first-order chi connectivity index (χ1) is 5.08. The first-order valence-corrected chi connectivity index (χ1v) is 4.36. The average molecular weight is 156 g/mol. The van der Waals surface area contributed by atoms with Crippen molar-refractivity contribution in [3.8, 4) is 0 Å². The predicted octanol–water partition coefficient (Wildman–Crippen LogP) is 1.59. The average Bonchev–Trinajstić information content (AvgIpc) is 2.34. The molecule has 1 unspecified atom stereocenters. The molecule has 11 heavy (non-hydrogen) atoms. The second kappa shape index (κ2) is 1.99. The summed E-state index contributed by atoms with van der Waals surface area (Å²) < 4.78 is 11.5. The van der Waals surface area contributed by atoms with E-state index >= 15 is 0 Å². The van der Waals surface area contributed by atoms with Gasteiger partial charge in [0.1, 0.15) is 0 Å². The minimum atomic E-state index is -0.0208. The molecule has 2 saturated heterocycles. The van der Waals surface area contributed by atoms with Gasteiger partial charge in [0.15, 0.2) is 0 Å². The topological polar surface area (TPSA) is 18.5 Å². The molecule has 0 bridgehead atoms. The summed E-state index contributed by atoms with van der Waals surface area (Å²) in [6.07, 6.45) is 1.05. The van der Waals surface area contributed by atoms with Crippen molar-refractivity contribution in [2.24, 2.45) is 5.92 Å². The van der Waals surface area contributed by atoms with Gasteiger partial charge in [0.2, 0.25) is 0 Å². The molecule has 2 heteroatoms. The molecule has 2 rings (SSSR count). The lowest BCUT2D eigenvalue weighted by atomic mass is 9.80. The van der Waals surface area contributed by atoms with Crippen molar-refractivity contribution in [2.75, 3.05) is 13.2 Å². The van der Waals surface area contributed by atoms with E-state index in [0.717, 1.165) is 19.6 Å². The molecule has 2 aliphatic heterocycles. The lowest BCUT2D eigenvalue weighted by molar-refractivity contribution is -0.0736. The lowest BCUT2D eigenvalue weighted by Crippen LogP contribution is -2.45. The Bertz CT molecular complexity index is 180. The molecule has 2 heterocycles. The fourth-order valence-electron chi connectivity index (χ4n) is 2.21. The maximum atomic E-state index is 5.75. The molecule has 0 radical (unpaired) electrons. The van der Waals surface area contributed by atoms with Gasteiger partial charge in [0.25, 0.3) is 0 Å². The molecule has 0 saturated carbocycles. The van der Waals surface area contributed by atoms with Crippen LogP contribution in [0, 0.1) is 5.92 Å². The molecule has 0 amide bonds. The molecule has 0 aromatic heterocycles. The zero-order valence-electron chi connectivity index (χ0n) is 7.52. The van der Waals surface area contributed by atoms with E-state index in [1.807, 2.05) is 0 Å². The van der Waals surface area contributed by atoms with E-state index in [4.69, 9.17) is 9.47 Å². The van der Waals surface area contributed by atoms with Gasteiger partial charge in [-0.25, -0.2) is 0 Å². The van der Waals surface area contributed by atoms with Gasteiger partial charge in [-0.05, 0) is 13.8 Å². The van der Waals surface area contributed by atoms with Crippen LogP contribution in [0.3, 0.4) is 0 Å². The molecule has 0 aliphatic carbocycles. The lowest BCUT2D eigenvalue weighted by Gasteiger charge is -2.33. The Morgan fingerprint density at radius 1 is 1.27 bits per heavy atom. The van der Waals surface area contributed by atoms with Crippen molar-refractivity contribution >= 4 is 0 Å². The minimum absolute atomic E-state index is 0.00752. The van der Waals surface area contributed by atoms with Crippen molar-refractivity contribution in [1.29, 1.82) is 0 Å². The highest BCUT2D eigenvalue weighted by atomic mass is 16.6. The Labute approximate surface area is 67.9 Å². The highest BCUT2D eigenvalue weighted by molar-refractivity contribution is 5.07. The maximum Gasteiger partial charge on any atom is 0.0988 e. The summed E-state index contributed by atoms with van der Waals surface area (Å²) in [5, 5.41) is 0.